The molecule has 0 unspecified atom stereocenters. The van der Waals surface area contributed by atoms with E-state index in [0.29, 0.717) is 35.8 Å². The summed E-state index contributed by atoms with van der Waals surface area (Å²) in [6, 6.07) is 24.4. The summed E-state index contributed by atoms with van der Waals surface area (Å²) in [4.78, 5) is 13.1. The average Bonchev–Trinajstić information content (AvgIpc) is 3.43. The summed E-state index contributed by atoms with van der Waals surface area (Å²) < 4.78 is 39.2. The SMILES string of the molecule is O=C(NC(=S)Nc1ccc(S(=O)(=O)NCc2ccco2)cc1)c1cc(Br)ccc1OCCc1ccccc1. The third-order valence-corrected chi connectivity index (χ3v) is 7.46. The average molecular weight is 615 g/mol. The van der Waals surface area contributed by atoms with Crippen LogP contribution in [0, 0.1) is 0 Å². The molecular weight excluding hydrogens is 590 g/mol. The predicted octanol–water partition coefficient (Wildman–Crippen LogP) is 5.27. The quantitative estimate of drug-likeness (QED) is 0.209. The van der Waals surface area contributed by atoms with Crippen LogP contribution < -0.4 is 20.1 Å². The van der Waals surface area contributed by atoms with E-state index in [2.05, 4.69) is 31.3 Å². The number of benzene rings is 3. The Morgan fingerprint density at radius 2 is 1.74 bits per heavy atom. The number of hydrogen-bond acceptors (Lipinski definition) is 6. The van der Waals surface area contributed by atoms with Gasteiger partial charge in [0.15, 0.2) is 5.11 Å². The van der Waals surface area contributed by atoms with Crippen molar-refractivity contribution in [2.45, 2.75) is 17.9 Å². The van der Waals surface area contributed by atoms with Gasteiger partial charge in [0.25, 0.3) is 5.91 Å². The first kappa shape index (κ1) is 27.5. The molecule has 196 valence electrons. The highest BCUT2D eigenvalue weighted by Gasteiger charge is 2.17. The highest BCUT2D eigenvalue weighted by molar-refractivity contribution is 9.10. The van der Waals surface area contributed by atoms with Crippen molar-refractivity contribution < 1.29 is 22.4 Å². The summed E-state index contributed by atoms with van der Waals surface area (Å²) in [7, 11) is -3.73. The Labute approximate surface area is 234 Å². The monoisotopic (exact) mass is 613 g/mol. The standard InChI is InChI=1S/C27H24BrN3O5S2/c28-20-8-13-25(36-16-14-19-5-2-1-3-6-19)24(17-20)26(32)31-27(37)30-21-9-11-23(12-10-21)38(33,34)29-18-22-7-4-15-35-22/h1-13,15,17,29H,14,16,18H2,(H2,30,31,32,37). The molecule has 0 saturated carbocycles. The summed E-state index contributed by atoms with van der Waals surface area (Å²) in [6.07, 6.45) is 2.17. The Kier molecular flexibility index (Phi) is 9.29. The van der Waals surface area contributed by atoms with E-state index in [1.165, 1.54) is 18.4 Å². The van der Waals surface area contributed by atoms with Crippen molar-refractivity contribution in [2.75, 3.05) is 11.9 Å². The highest BCUT2D eigenvalue weighted by atomic mass is 79.9. The number of furan rings is 1. The first-order valence-corrected chi connectivity index (χ1v) is 14.2. The Morgan fingerprint density at radius 1 is 0.974 bits per heavy atom. The van der Waals surface area contributed by atoms with Crippen molar-refractivity contribution in [3.05, 3.63) is 113 Å². The summed E-state index contributed by atoms with van der Waals surface area (Å²) >= 11 is 8.69. The van der Waals surface area contributed by atoms with Gasteiger partial charge in [0, 0.05) is 16.6 Å². The van der Waals surface area contributed by atoms with Gasteiger partial charge in [-0.1, -0.05) is 46.3 Å². The van der Waals surface area contributed by atoms with Gasteiger partial charge >= 0.3 is 0 Å². The van der Waals surface area contributed by atoms with Gasteiger partial charge in [-0.3, -0.25) is 10.1 Å². The van der Waals surface area contributed by atoms with Gasteiger partial charge in [0.2, 0.25) is 10.0 Å². The number of hydrogen-bond donors (Lipinski definition) is 3. The molecule has 3 aromatic carbocycles. The minimum absolute atomic E-state index is 0.0407. The molecule has 4 rings (SSSR count). The van der Waals surface area contributed by atoms with Crippen LogP contribution in [0.3, 0.4) is 0 Å². The molecule has 1 amide bonds. The van der Waals surface area contributed by atoms with Crippen molar-refractivity contribution in [3.8, 4) is 5.75 Å². The molecule has 3 N–H and O–H groups in total. The maximum atomic E-state index is 13.0. The van der Waals surface area contributed by atoms with Crippen LogP contribution in [0.1, 0.15) is 21.7 Å². The molecule has 8 nitrogen and oxygen atoms in total. The second kappa shape index (κ2) is 12.8. The molecule has 4 aromatic rings. The van der Waals surface area contributed by atoms with Crippen LogP contribution >= 0.6 is 28.1 Å². The smallest absolute Gasteiger partial charge is 0.261 e. The van der Waals surface area contributed by atoms with Gasteiger partial charge < -0.3 is 14.5 Å². The zero-order chi connectivity index (χ0) is 27.0. The lowest BCUT2D eigenvalue weighted by molar-refractivity contribution is 0.0973. The second-order valence-electron chi connectivity index (χ2n) is 8.06. The van der Waals surface area contributed by atoms with Crippen LogP contribution in [0.5, 0.6) is 5.75 Å². The lowest BCUT2D eigenvalue weighted by Gasteiger charge is -2.14. The van der Waals surface area contributed by atoms with Crippen molar-refractivity contribution in [1.82, 2.24) is 10.0 Å². The molecular formula is C27H24BrN3O5S2. The second-order valence-corrected chi connectivity index (χ2v) is 11.2. The Bertz CT molecular complexity index is 1490. The van der Waals surface area contributed by atoms with Crippen molar-refractivity contribution in [3.63, 3.8) is 0 Å². The van der Waals surface area contributed by atoms with Crippen molar-refractivity contribution in [2.24, 2.45) is 0 Å². The number of carbonyl (C=O) groups excluding carboxylic acids is 1. The summed E-state index contributed by atoms with van der Waals surface area (Å²) in [5, 5.41) is 5.58. The number of nitrogens with one attached hydrogen (secondary N) is 3. The zero-order valence-electron chi connectivity index (χ0n) is 20.0. The van der Waals surface area contributed by atoms with Crippen LogP contribution in [0.4, 0.5) is 5.69 Å². The minimum atomic E-state index is -3.73. The summed E-state index contributed by atoms with van der Waals surface area (Å²) in [5.74, 6) is 0.490. The number of anilines is 1. The van der Waals surface area contributed by atoms with Crippen LogP contribution in [-0.2, 0) is 23.0 Å². The molecule has 1 aromatic heterocycles. The Balaban J connectivity index is 1.33. The first-order chi connectivity index (χ1) is 18.3. The summed E-state index contributed by atoms with van der Waals surface area (Å²) in [5.41, 5.74) is 1.96. The van der Waals surface area contributed by atoms with E-state index in [1.807, 2.05) is 30.3 Å². The zero-order valence-corrected chi connectivity index (χ0v) is 23.2. The molecule has 0 aliphatic carbocycles. The number of rotatable bonds is 10. The fraction of sp³-hybridized carbons (Fsp3) is 0.111. The number of ether oxygens (including phenoxy) is 1. The number of sulfonamides is 1. The third-order valence-electron chi connectivity index (χ3n) is 5.34. The van der Waals surface area contributed by atoms with Gasteiger partial charge in [0.05, 0.1) is 29.9 Å². The fourth-order valence-corrected chi connectivity index (χ4v) is 5.01. The van der Waals surface area contributed by atoms with E-state index in [0.717, 1.165) is 10.0 Å². The van der Waals surface area contributed by atoms with Crippen LogP contribution in [-0.4, -0.2) is 26.0 Å². The molecule has 11 heteroatoms. The highest BCUT2D eigenvalue weighted by Crippen LogP contribution is 2.24. The Hall–Kier alpha value is -3.51. The van der Waals surface area contributed by atoms with Crippen molar-refractivity contribution in [1.29, 1.82) is 0 Å². The van der Waals surface area contributed by atoms with Crippen LogP contribution in [0.2, 0.25) is 0 Å². The molecule has 1 heterocycles. The van der Waals surface area contributed by atoms with Crippen LogP contribution in [0.25, 0.3) is 0 Å². The first-order valence-electron chi connectivity index (χ1n) is 11.5. The lowest BCUT2D eigenvalue weighted by Crippen LogP contribution is -2.34. The van der Waals surface area contributed by atoms with Gasteiger partial charge in [-0.25, -0.2) is 13.1 Å². The molecule has 0 spiro atoms. The molecule has 0 aliphatic heterocycles. The fourth-order valence-electron chi connectivity index (χ4n) is 3.44. The number of halogens is 1. The van der Waals surface area contributed by atoms with E-state index < -0.39 is 15.9 Å². The Morgan fingerprint density at radius 3 is 2.45 bits per heavy atom. The maximum absolute atomic E-state index is 13.0. The van der Waals surface area contributed by atoms with E-state index in [9.17, 15) is 13.2 Å². The van der Waals surface area contributed by atoms with Crippen LogP contribution in [0.15, 0.2) is 105 Å². The van der Waals surface area contributed by atoms with E-state index in [1.54, 1.807) is 42.5 Å². The molecule has 0 radical (unpaired) electrons. The van der Waals surface area contributed by atoms with E-state index >= 15 is 0 Å². The maximum Gasteiger partial charge on any atom is 0.261 e. The van der Waals surface area contributed by atoms with E-state index in [-0.39, 0.29) is 16.6 Å². The normalized spacial score (nSPS) is 11.1. The van der Waals surface area contributed by atoms with Gasteiger partial charge in [-0.05, 0) is 72.4 Å². The largest absolute Gasteiger partial charge is 0.492 e. The number of carbonyl (C=O) groups is 1. The molecule has 0 aliphatic rings. The molecule has 0 bridgehead atoms. The lowest BCUT2D eigenvalue weighted by atomic mass is 10.1. The molecule has 0 saturated heterocycles. The van der Waals surface area contributed by atoms with Gasteiger partial charge in [-0.2, -0.15) is 0 Å². The number of amides is 1. The summed E-state index contributed by atoms with van der Waals surface area (Å²) in [6.45, 7) is 0.444. The number of thiocarbonyl (C=S) groups is 1. The van der Waals surface area contributed by atoms with Crippen molar-refractivity contribution >= 4 is 54.9 Å². The van der Waals surface area contributed by atoms with Gasteiger partial charge in [-0.15, -0.1) is 0 Å². The molecule has 38 heavy (non-hydrogen) atoms. The predicted molar refractivity (Wildman–Crippen MR) is 153 cm³/mol. The third kappa shape index (κ3) is 7.75. The topological polar surface area (TPSA) is 110 Å². The molecule has 0 atom stereocenters. The van der Waals surface area contributed by atoms with Gasteiger partial charge in [0.1, 0.15) is 11.5 Å². The minimum Gasteiger partial charge on any atom is -0.492 e. The van der Waals surface area contributed by atoms with E-state index in [4.69, 9.17) is 21.4 Å². The molecule has 0 fully saturated rings.